The molecule has 1 unspecified atom stereocenters. The normalized spacial score (nSPS) is 12.0. The lowest BCUT2D eigenvalue weighted by Crippen LogP contribution is -2.12. The summed E-state index contributed by atoms with van der Waals surface area (Å²) in [7, 11) is 1.61. The van der Waals surface area contributed by atoms with Crippen molar-refractivity contribution >= 4 is 5.97 Å². The van der Waals surface area contributed by atoms with Gasteiger partial charge in [0.2, 0.25) is 0 Å². The van der Waals surface area contributed by atoms with Crippen molar-refractivity contribution in [3.63, 3.8) is 0 Å². The second kappa shape index (κ2) is 7.34. The molecule has 1 aromatic heterocycles. The van der Waals surface area contributed by atoms with Crippen LogP contribution in [-0.2, 0) is 6.42 Å². The minimum atomic E-state index is -1.13. The van der Waals surface area contributed by atoms with Crippen molar-refractivity contribution in [2.75, 3.05) is 7.11 Å². The van der Waals surface area contributed by atoms with E-state index >= 15 is 0 Å². The third-order valence-electron chi connectivity index (χ3n) is 4.25. The van der Waals surface area contributed by atoms with Gasteiger partial charge in [0.25, 0.3) is 0 Å². The molecule has 0 saturated heterocycles. The van der Waals surface area contributed by atoms with Crippen LogP contribution < -0.4 is 4.74 Å². The van der Waals surface area contributed by atoms with Gasteiger partial charge in [-0.2, -0.15) is 0 Å². The van der Waals surface area contributed by atoms with Crippen LogP contribution in [0.4, 0.5) is 0 Å². The fourth-order valence-corrected chi connectivity index (χ4v) is 2.88. The minimum absolute atomic E-state index is 0.0520. The lowest BCUT2D eigenvalue weighted by Gasteiger charge is -2.19. The fraction of sp³-hybridized carbons (Fsp3) is 0.368. The van der Waals surface area contributed by atoms with Crippen molar-refractivity contribution in [2.45, 2.75) is 39.5 Å². The quantitative estimate of drug-likeness (QED) is 0.840. The Morgan fingerprint density at radius 2 is 1.92 bits per heavy atom. The molecule has 0 aliphatic rings. The van der Waals surface area contributed by atoms with Crippen LogP contribution in [0.1, 0.15) is 59.1 Å². The van der Waals surface area contributed by atoms with E-state index in [1.165, 1.54) is 0 Å². The van der Waals surface area contributed by atoms with Crippen LogP contribution in [0.15, 0.2) is 24.3 Å². The van der Waals surface area contributed by atoms with Crippen LogP contribution in [0.5, 0.6) is 11.5 Å². The number of hydrogen-bond donors (Lipinski definition) is 2. The molecule has 0 saturated carbocycles. The summed E-state index contributed by atoms with van der Waals surface area (Å²) in [4.78, 5) is 16.2. The molecule has 0 amide bonds. The summed E-state index contributed by atoms with van der Waals surface area (Å²) in [6.07, 6.45) is 1.31. The van der Waals surface area contributed by atoms with Gasteiger partial charge in [-0.3, -0.25) is 4.98 Å². The second-order valence-corrected chi connectivity index (χ2v) is 5.84. The Bertz CT molecular complexity index is 738. The third-order valence-corrected chi connectivity index (χ3v) is 4.25. The van der Waals surface area contributed by atoms with E-state index in [0.29, 0.717) is 23.4 Å². The van der Waals surface area contributed by atoms with Gasteiger partial charge in [-0.25, -0.2) is 4.79 Å². The van der Waals surface area contributed by atoms with Crippen molar-refractivity contribution in [3.05, 3.63) is 52.3 Å². The van der Waals surface area contributed by atoms with Crippen molar-refractivity contribution in [2.24, 2.45) is 0 Å². The topological polar surface area (TPSA) is 79.7 Å². The van der Waals surface area contributed by atoms with Crippen LogP contribution in [0, 0.1) is 6.92 Å². The first-order chi connectivity index (χ1) is 11.4. The van der Waals surface area contributed by atoms with Gasteiger partial charge in [0.05, 0.1) is 18.5 Å². The lowest BCUT2D eigenvalue weighted by atomic mass is 9.91. The Morgan fingerprint density at radius 3 is 2.42 bits per heavy atom. The van der Waals surface area contributed by atoms with E-state index in [1.807, 2.05) is 38.1 Å². The van der Waals surface area contributed by atoms with Crippen LogP contribution >= 0.6 is 0 Å². The first-order valence-electron chi connectivity index (χ1n) is 8.00. The average Bonchev–Trinajstić information content (AvgIpc) is 2.56. The Morgan fingerprint density at radius 1 is 1.29 bits per heavy atom. The molecule has 2 rings (SSSR count). The maximum absolute atomic E-state index is 11.6. The predicted octanol–water partition coefficient (Wildman–Crippen LogP) is 3.91. The molecular formula is C19H23NO4. The lowest BCUT2D eigenvalue weighted by molar-refractivity contribution is 0.0692. The van der Waals surface area contributed by atoms with Crippen LogP contribution in [-0.4, -0.2) is 28.3 Å². The molecule has 2 N–H and O–H groups in total. The van der Waals surface area contributed by atoms with E-state index in [4.69, 9.17) is 4.74 Å². The molecule has 0 radical (unpaired) electrons. The van der Waals surface area contributed by atoms with Crippen LogP contribution in [0.2, 0.25) is 0 Å². The van der Waals surface area contributed by atoms with Gasteiger partial charge >= 0.3 is 5.97 Å². The van der Waals surface area contributed by atoms with E-state index in [0.717, 1.165) is 17.7 Å². The summed E-state index contributed by atoms with van der Waals surface area (Å²) in [5, 5.41) is 19.7. The Labute approximate surface area is 141 Å². The van der Waals surface area contributed by atoms with E-state index in [-0.39, 0.29) is 17.2 Å². The summed E-state index contributed by atoms with van der Waals surface area (Å²) in [6.45, 7) is 5.64. The van der Waals surface area contributed by atoms with Gasteiger partial charge in [0.15, 0.2) is 5.75 Å². The van der Waals surface area contributed by atoms with Gasteiger partial charge in [0.1, 0.15) is 11.3 Å². The maximum Gasteiger partial charge on any atom is 0.339 e. The fourth-order valence-electron chi connectivity index (χ4n) is 2.88. The van der Waals surface area contributed by atoms with Crippen molar-refractivity contribution in [1.82, 2.24) is 4.98 Å². The molecule has 2 aromatic rings. The number of nitrogens with zero attached hydrogens (tertiary/aromatic N) is 1. The van der Waals surface area contributed by atoms with E-state index in [2.05, 4.69) is 4.98 Å². The van der Waals surface area contributed by atoms with Gasteiger partial charge in [-0.1, -0.05) is 32.4 Å². The number of rotatable bonds is 6. The molecule has 5 heteroatoms. The van der Waals surface area contributed by atoms with Crippen LogP contribution in [0.25, 0.3) is 0 Å². The first-order valence-corrected chi connectivity index (χ1v) is 8.00. The zero-order valence-electron chi connectivity index (χ0n) is 14.5. The summed E-state index contributed by atoms with van der Waals surface area (Å²) in [5.74, 6) is -0.676. The molecule has 0 spiro atoms. The molecule has 0 aliphatic heterocycles. The van der Waals surface area contributed by atoms with Gasteiger partial charge in [0, 0.05) is 5.92 Å². The molecule has 1 atom stereocenters. The molecule has 0 aliphatic carbocycles. The molecule has 0 fully saturated rings. The Balaban J connectivity index is 2.56. The zero-order valence-corrected chi connectivity index (χ0v) is 14.5. The number of carboxylic acids is 1. The molecule has 1 heterocycles. The number of ether oxygens (including phenoxy) is 1. The molecule has 0 bridgehead atoms. The van der Waals surface area contributed by atoms with E-state index in [9.17, 15) is 15.0 Å². The SMILES string of the molecule is CCCc1nc(C(C)c2ccc(OC)cc2)c(C)c(C(=O)O)c1O. The number of methoxy groups -OCH3 is 1. The van der Waals surface area contributed by atoms with Gasteiger partial charge in [-0.05, 0) is 36.6 Å². The number of carboxylic acid groups (broad SMARTS) is 1. The number of aromatic carboxylic acids is 1. The summed E-state index contributed by atoms with van der Waals surface area (Å²) in [5.41, 5.74) is 2.58. The van der Waals surface area contributed by atoms with Crippen LogP contribution in [0.3, 0.4) is 0 Å². The summed E-state index contributed by atoms with van der Waals surface area (Å²) < 4.78 is 5.17. The average molecular weight is 329 g/mol. The molecule has 128 valence electrons. The molecular weight excluding hydrogens is 306 g/mol. The number of hydrogen-bond acceptors (Lipinski definition) is 4. The number of aryl methyl sites for hydroxylation is 1. The number of aromatic nitrogens is 1. The smallest absolute Gasteiger partial charge is 0.339 e. The standard InChI is InChI=1S/C19H23NO4/c1-5-6-15-18(21)16(19(22)23)12(3)17(20-15)11(2)13-7-9-14(24-4)10-8-13/h7-11,21H,5-6H2,1-4H3,(H,22,23). The second-order valence-electron chi connectivity index (χ2n) is 5.84. The van der Waals surface area contributed by atoms with Crippen molar-refractivity contribution < 1.29 is 19.7 Å². The number of pyridine rings is 1. The monoisotopic (exact) mass is 329 g/mol. The number of carbonyl (C=O) groups is 1. The number of aromatic hydroxyl groups is 1. The highest BCUT2D eigenvalue weighted by atomic mass is 16.5. The van der Waals surface area contributed by atoms with Gasteiger partial charge in [-0.15, -0.1) is 0 Å². The van der Waals surface area contributed by atoms with Crippen molar-refractivity contribution in [1.29, 1.82) is 0 Å². The highest BCUT2D eigenvalue weighted by molar-refractivity contribution is 5.93. The Hall–Kier alpha value is -2.56. The maximum atomic E-state index is 11.6. The summed E-state index contributed by atoms with van der Waals surface area (Å²) >= 11 is 0. The van der Waals surface area contributed by atoms with E-state index < -0.39 is 5.97 Å². The summed E-state index contributed by atoms with van der Waals surface area (Å²) in [6, 6.07) is 7.62. The highest BCUT2D eigenvalue weighted by Gasteiger charge is 2.24. The Kier molecular flexibility index (Phi) is 5.44. The number of benzene rings is 1. The zero-order chi connectivity index (χ0) is 17.9. The molecule has 1 aromatic carbocycles. The minimum Gasteiger partial charge on any atom is -0.505 e. The predicted molar refractivity (Wildman–Crippen MR) is 92.1 cm³/mol. The molecule has 24 heavy (non-hydrogen) atoms. The van der Waals surface area contributed by atoms with Gasteiger partial charge < -0.3 is 14.9 Å². The first kappa shape index (κ1) is 17.8. The van der Waals surface area contributed by atoms with E-state index in [1.54, 1.807) is 14.0 Å². The third kappa shape index (κ3) is 3.35. The molecule has 5 nitrogen and oxygen atoms in total. The van der Waals surface area contributed by atoms with Crippen molar-refractivity contribution in [3.8, 4) is 11.5 Å². The largest absolute Gasteiger partial charge is 0.505 e. The highest BCUT2D eigenvalue weighted by Crippen LogP contribution is 2.33.